The molecule has 0 fully saturated rings. The number of hydrogen-bond donors (Lipinski definition) is 2. The fourth-order valence-electron chi connectivity index (χ4n) is 1.92. The number of benzene rings is 2. The summed E-state index contributed by atoms with van der Waals surface area (Å²) in [7, 11) is 0. The van der Waals surface area contributed by atoms with E-state index in [0.29, 0.717) is 0 Å². The third-order valence-electron chi connectivity index (χ3n) is 2.84. The van der Waals surface area contributed by atoms with E-state index in [2.05, 4.69) is 16.7 Å². The van der Waals surface area contributed by atoms with Gasteiger partial charge in [-0.3, -0.25) is 4.79 Å². The lowest BCUT2D eigenvalue weighted by Crippen LogP contribution is -2.07. The summed E-state index contributed by atoms with van der Waals surface area (Å²) < 4.78 is 0. The largest absolute Gasteiger partial charge is 0.385 e. The zero-order chi connectivity index (χ0) is 14.4. The molecule has 0 spiro atoms. The van der Waals surface area contributed by atoms with Crippen molar-refractivity contribution in [3.8, 4) is 0 Å². The molecular formula is C16H17ClN2O. The molecule has 0 heterocycles. The first-order chi connectivity index (χ1) is 9.63. The second kappa shape index (κ2) is 6.96. The summed E-state index contributed by atoms with van der Waals surface area (Å²) in [6.07, 6.45) is 0.911. The highest BCUT2D eigenvalue weighted by molar-refractivity contribution is 6.30. The molecule has 3 nitrogen and oxygen atoms in total. The Balaban J connectivity index is 1.83. The topological polar surface area (TPSA) is 41.1 Å². The molecule has 0 unspecified atom stereocenters. The minimum atomic E-state index is -0.0633. The lowest BCUT2D eigenvalue weighted by atomic mass is 10.1. The van der Waals surface area contributed by atoms with Crippen molar-refractivity contribution >= 4 is 28.9 Å². The van der Waals surface area contributed by atoms with Crippen molar-refractivity contribution in [2.45, 2.75) is 13.3 Å². The molecular weight excluding hydrogens is 272 g/mol. The van der Waals surface area contributed by atoms with Crippen LogP contribution in [0.15, 0.2) is 48.5 Å². The minimum absolute atomic E-state index is 0.0633. The van der Waals surface area contributed by atoms with E-state index < -0.39 is 0 Å². The molecule has 2 rings (SSSR count). The molecule has 0 aliphatic heterocycles. The van der Waals surface area contributed by atoms with Gasteiger partial charge in [-0.05, 0) is 48.4 Å². The molecule has 4 heteroatoms. The van der Waals surface area contributed by atoms with Crippen molar-refractivity contribution in [1.29, 1.82) is 0 Å². The van der Waals surface area contributed by atoms with Crippen LogP contribution in [0.2, 0.25) is 5.02 Å². The van der Waals surface area contributed by atoms with Crippen LogP contribution in [0.1, 0.15) is 12.5 Å². The summed E-state index contributed by atoms with van der Waals surface area (Å²) in [4.78, 5) is 10.9. The fourth-order valence-corrected chi connectivity index (χ4v) is 2.13. The monoisotopic (exact) mass is 288 g/mol. The Bertz CT molecular complexity index is 581. The first kappa shape index (κ1) is 14.4. The molecule has 0 bridgehead atoms. The normalized spacial score (nSPS) is 10.1. The Hall–Kier alpha value is -2.00. The van der Waals surface area contributed by atoms with E-state index in [0.717, 1.165) is 29.4 Å². The lowest BCUT2D eigenvalue weighted by Gasteiger charge is -2.08. The molecule has 0 atom stereocenters. The highest BCUT2D eigenvalue weighted by Gasteiger charge is 1.97. The van der Waals surface area contributed by atoms with Crippen LogP contribution in [0.5, 0.6) is 0 Å². The van der Waals surface area contributed by atoms with Gasteiger partial charge in [0.2, 0.25) is 5.91 Å². The van der Waals surface area contributed by atoms with Gasteiger partial charge in [0.1, 0.15) is 0 Å². The molecule has 0 aliphatic rings. The van der Waals surface area contributed by atoms with Gasteiger partial charge in [0.15, 0.2) is 0 Å². The van der Waals surface area contributed by atoms with Crippen LogP contribution >= 0.6 is 11.6 Å². The van der Waals surface area contributed by atoms with Gasteiger partial charge >= 0.3 is 0 Å². The van der Waals surface area contributed by atoms with Gasteiger partial charge < -0.3 is 10.6 Å². The molecule has 1 amide bonds. The van der Waals surface area contributed by atoms with Crippen molar-refractivity contribution in [1.82, 2.24) is 0 Å². The van der Waals surface area contributed by atoms with Crippen molar-refractivity contribution < 1.29 is 4.79 Å². The summed E-state index contributed by atoms with van der Waals surface area (Å²) in [5.74, 6) is -0.0633. The average molecular weight is 289 g/mol. The number of rotatable bonds is 5. The number of anilines is 2. The minimum Gasteiger partial charge on any atom is -0.385 e. The zero-order valence-electron chi connectivity index (χ0n) is 11.3. The van der Waals surface area contributed by atoms with E-state index >= 15 is 0 Å². The number of hydrogen-bond acceptors (Lipinski definition) is 2. The van der Waals surface area contributed by atoms with Crippen LogP contribution in [0.4, 0.5) is 11.4 Å². The van der Waals surface area contributed by atoms with Gasteiger partial charge in [-0.2, -0.15) is 0 Å². The van der Waals surface area contributed by atoms with Crippen LogP contribution < -0.4 is 10.6 Å². The Labute approximate surface area is 124 Å². The van der Waals surface area contributed by atoms with E-state index in [1.807, 2.05) is 42.5 Å². The Morgan fingerprint density at radius 2 is 1.80 bits per heavy atom. The molecule has 0 radical (unpaired) electrons. The molecule has 0 saturated carbocycles. The predicted octanol–water partition coefficient (Wildman–Crippen LogP) is 3.95. The van der Waals surface area contributed by atoms with Crippen molar-refractivity contribution in [2.24, 2.45) is 0 Å². The van der Waals surface area contributed by atoms with E-state index in [-0.39, 0.29) is 5.91 Å². The first-order valence-corrected chi connectivity index (χ1v) is 6.87. The van der Waals surface area contributed by atoms with Gasteiger partial charge in [0.05, 0.1) is 0 Å². The third-order valence-corrected chi connectivity index (χ3v) is 3.07. The average Bonchev–Trinajstić information content (AvgIpc) is 2.40. The summed E-state index contributed by atoms with van der Waals surface area (Å²) in [6.45, 7) is 2.33. The summed E-state index contributed by atoms with van der Waals surface area (Å²) >= 11 is 5.94. The molecule has 0 saturated heterocycles. The van der Waals surface area contributed by atoms with Gasteiger partial charge in [-0.15, -0.1) is 0 Å². The Morgan fingerprint density at radius 3 is 2.45 bits per heavy atom. The number of carbonyl (C=O) groups is 1. The van der Waals surface area contributed by atoms with Crippen molar-refractivity contribution in [3.63, 3.8) is 0 Å². The standard InChI is InChI=1S/C16H17ClN2O/c1-12(20)19-16-7-5-15(6-8-16)18-10-9-13-3-2-4-14(17)11-13/h2-8,11,18H,9-10H2,1H3,(H,19,20). The summed E-state index contributed by atoms with van der Waals surface area (Å²) in [5.41, 5.74) is 3.04. The summed E-state index contributed by atoms with van der Waals surface area (Å²) in [6, 6.07) is 15.5. The van der Waals surface area contributed by atoms with Gasteiger partial charge in [0.25, 0.3) is 0 Å². The quantitative estimate of drug-likeness (QED) is 0.874. The first-order valence-electron chi connectivity index (χ1n) is 6.49. The third kappa shape index (κ3) is 4.59. The molecule has 20 heavy (non-hydrogen) atoms. The molecule has 2 aromatic carbocycles. The number of halogens is 1. The highest BCUT2D eigenvalue weighted by atomic mass is 35.5. The van der Waals surface area contributed by atoms with Gasteiger partial charge in [0, 0.05) is 29.9 Å². The van der Waals surface area contributed by atoms with Crippen LogP contribution in [-0.4, -0.2) is 12.5 Å². The lowest BCUT2D eigenvalue weighted by molar-refractivity contribution is -0.114. The smallest absolute Gasteiger partial charge is 0.221 e. The van der Waals surface area contributed by atoms with E-state index in [4.69, 9.17) is 11.6 Å². The molecule has 104 valence electrons. The molecule has 2 aromatic rings. The van der Waals surface area contributed by atoms with Crippen LogP contribution in [-0.2, 0) is 11.2 Å². The van der Waals surface area contributed by atoms with Crippen molar-refractivity contribution in [2.75, 3.05) is 17.2 Å². The zero-order valence-corrected chi connectivity index (χ0v) is 12.1. The molecule has 0 aromatic heterocycles. The second-order valence-electron chi connectivity index (χ2n) is 4.57. The van der Waals surface area contributed by atoms with Gasteiger partial charge in [-0.25, -0.2) is 0 Å². The Kier molecular flexibility index (Phi) is 5.02. The number of carbonyl (C=O) groups excluding carboxylic acids is 1. The van der Waals surface area contributed by atoms with Crippen LogP contribution in [0, 0.1) is 0 Å². The molecule has 2 N–H and O–H groups in total. The maximum Gasteiger partial charge on any atom is 0.221 e. The van der Waals surface area contributed by atoms with Crippen LogP contribution in [0.3, 0.4) is 0 Å². The summed E-state index contributed by atoms with van der Waals surface area (Å²) in [5, 5.41) is 6.84. The van der Waals surface area contributed by atoms with Crippen LogP contribution in [0.25, 0.3) is 0 Å². The Morgan fingerprint density at radius 1 is 1.10 bits per heavy atom. The van der Waals surface area contributed by atoms with E-state index in [9.17, 15) is 4.79 Å². The maximum absolute atomic E-state index is 10.9. The van der Waals surface area contributed by atoms with E-state index in [1.165, 1.54) is 12.5 Å². The number of amides is 1. The van der Waals surface area contributed by atoms with E-state index in [1.54, 1.807) is 0 Å². The highest BCUT2D eigenvalue weighted by Crippen LogP contribution is 2.14. The number of nitrogens with one attached hydrogen (secondary N) is 2. The second-order valence-corrected chi connectivity index (χ2v) is 5.00. The fraction of sp³-hybridized carbons (Fsp3) is 0.188. The van der Waals surface area contributed by atoms with Gasteiger partial charge in [-0.1, -0.05) is 23.7 Å². The molecule has 0 aliphatic carbocycles. The maximum atomic E-state index is 10.9. The predicted molar refractivity (Wildman–Crippen MR) is 84.4 cm³/mol. The SMILES string of the molecule is CC(=O)Nc1ccc(NCCc2cccc(Cl)c2)cc1. The van der Waals surface area contributed by atoms with Crippen molar-refractivity contribution in [3.05, 3.63) is 59.1 Å².